The minimum Gasteiger partial charge on any atom is -0.339 e. The van der Waals surface area contributed by atoms with Crippen molar-refractivity contribution in [3.05, 3.63) is 29.8 Å². The van der Waals surface area contributed by atoms with Gasteiger partial charge in [-0.1, -0.05) is 12.1 Å². The number of nitrogens with zero attached hydrogens (tertiary/aromatic N) is 1. The van der Waals surface area contributed by atoms with E-state index >= 15 is 0 Å². The molecule has 26 heavy (non-hydrogen) atoms. The van der Waals surface area contributed by atoms with Gasteiger partial charge in [0.2, 0.25) is 5.91 Å². The summed E-state index contributed by atoms with van der Waals surface area (Å²) in [4.78, 5) is 27.5. The second-order valence-electron chi connectivity index (χ2n) is 7.76. The van der Waals surface area contributed by atoms with Crippen molar-refractivity contribution in [3.63, 3.8) is 0 Å². The molecule has 0 bridgehead atoms. The molecule has 3 aliphatic rings. The van der Waals surface area contributed by atoms with Crippen molar-refractivity contribution >= 4 is 29.9 Å². The van der Waals surface area contributed by atoms with Crippen LogP contribution in [0.3, 0.4) is 0 Å². The smallest absolute Gasteiger partial charge is 0.255 e. The van der Waals surface area contributed by atoms with Crippen LogP contribution in [-0.2, 0) is 4.79 Å². The number of carbonyl (C=O) groups excluding carboxylic acids is 2. The Labute approximate surface area is 161 Å². The summed E-state index contributed by atoms with van der Waals surface area (Å²) in [6.45, 7) is 3.65. The van der Waals surface area contributed by atoms with E-state index in [0.717, 1.165) is 58.3 Å². The standard InChI is InChI=1S/C20H27N3O2.ClH/c24-18(16-14-20(16)8-10-21-11-9-20)22-17-7-3-2-6-15(17)19(25)23-12-4-1-5-13-23;/h2-3,6-7,16,21H,1,4-5,8-14H2,(H,22,24);1H. The lowest BCUT2D eigenvalue weighted by Gasteiger charge is -2.27. The first kappa shape index (κ1) is 19.2. The molecule has 0 aromatic heterocycles. The molecular formula is C20H28ClN3O2. The summed E-state index contributed by atoms with van der Waals surface area (Å²) in [6, 6.07) is 7.44. The van der Waals surface area contributed by atoms with E-state index in [1.807, 2.05) is 29.2 Å². The Morgan fingerprint density at radius 1 is 1.08 bits per heavy atom. The van der Waals surface area contributed by atoms with Gasteiger partial charge in [-0.05, 0) is 69.2 Å². The highest BCUT2D eigenvalue weighted by atomic mass is 35.5. The van der Waals surface area contributed by atoms with Gasteiger partial charge >= 0.3 is 0 Å². The highest BCUT2D eigenvalue weighted by Gasteiger charge is 2.57. The summed E-state index contributed by atoms with van der Waals surface area (Å²) < 4.78 is 0. The number of benzene rings is 1. The molecule has 1 spiro atoms. The maximum atomic E-state index is 12.8. The SMILES string of the molecule is Cl.O=C(Nc1ccccc1C(=O)N1CCCCC1)C1CC12CCNCC2. The molecule has 5 nitrogen and oxygen atoms in total. The second-order valence-corrected chi connectivity index (χ2v) is 7.76. The van der Waals surface area contributed by atoms with Crippen LogP contribution >= 0.6 is 12.4 Å². The zero-order valence-corrected chi connectivity index (χ0v) is 15.9. The Balaban J connectivity index is 0.00000196. The van der Waals surface area contributed by atoms with Crippen LogP contribution in [0, 0.1) is 11.3 Å². The lowest BCUT2D eigenvalue weighted by molar-refractivity contribution is -0.118. The molecule has 1 atom stereocenters. The summed E-state index contributed by atoms with van der Waals surface area (Å²) in [6.07, 6.45) is 6.49. The maximum absolute atomic E-state index is 12.8. The Bertz CT molecular complexity index is 667. The van der Waals surface area contributed by atoms with E-state index in [0.29, 0.717) is 11.3 Å². The largest absolute Gasteiger partial charge is 0.339 e. The van der Waals surface area contributed by atoms with Crippen molar-refractivity contribution in [1.29, 1.82) is 0 Å². The third-order valence-corrected chi connectivity index (χ3v) is 6.16. The van der Waals surface area contributed by atoms with Crippen LogP contribution in [0.15, 0.2) is 24.3 Å². The molecule has 1 aromatic rings. The molecule has 6 heteroatoms. The van der Waals surface area contributed by atoms with Gasteiger partial charge in [0.25, 0.3) is 5.91 Å². The highest BCUT2D eigenvalue weighted by Crippen LogP contribution is 2.58. The number of likely N-dealkylation sites (tertiary alicyclic amines) is 1. The minimum absolute atomic E-state index is 0. The fourth-order valence-corrected chi connectivity index (χ4v) is 4.46. The topological polar surface area (TPSA) is 61.4 Å². The quantitative estimate of drug-likeness (QED) is 0.851. The van der Waals surface area contributed by atoms with E-state index < -0.39 is 0 Å². The van der Waals surface area contributed by atoms with Crippen LogP contribution in [0.2, 0.25) is 0 Å². The summed E-state index contributed by atoms with van der Waals surface area (Å²) in [5.41, 5.74) is 1.50. The minimum atomic E-state index is 0. The zero-order valence-electron chi connectivity index (χ0n) is 15.1. The summed E-state index contributed by atoms with van der Waals surface area (Å²) in [5, 5.41) is 6.43. The third-order valence-electron chi connectivity index (χ3n) is 6.16. The van der Waals surface area contributed by atoms with Crippen LogP contribution in [0.4, 0.5) is 5.69 Å². The Morgan fingerprint density at radius 3 is 2.50 bits per heavy atom. The van der Waals surface area contributed by atoms with Crippen LogP contribution in [0.5, 0.6) is 0 Å². The van der Waals surface area contributed by atoms with Crippen molar-refractivity contribution in [2.24, 2.45) is 11.3 Å². The fraction of sp³-hybridized carbons (Fsp3) is 0.600. The van der Waals surface area contributed by atoms with Gasteiger partial charge in [0, 0.05) is 19.0 Å². The molecular weight excluding hydrogens is 350 g/mol. The summed E-state index contributed by atoms with van der Waals surface area (Å²) in [5.74, 6) is 0.233. The summed E-state index contributed by atoms with van der Waals surface area (Å²) in [7, 11) is 0. The second kappa shape index (κ2) is 7.97. The summed E-state index contributed by atoms with van der Waals surface area (Å²) >= 11 is 0. The van der Waals surface area contributed by atoms with Gasteiger partial charge in [0.1, 0.15) is 0 Å². The molecule has 2 amide bonds. The average Bonchev–Trinajstić information content (AvgIpc) is 3.36. The van der Waals surface area contributed by atoms with E-state index in [9.17, 15) is 9.59 Å². The number of hydrogen-bond donors (Lipinski definition) is 2. The molecule has 1 unspecified atom stereocenters. The number of nitrogens with one attached hydrogen (secondary N) is 2. The fourth-order valence-electron chi connectivity index (χ4n) is 4.46. The molecule has 2 N–H and O–H groups in total. The van der Waals surface area contributed by atoms with Crippen molar-refractivity contribution in [2.75, 3.05) is 31.5 Å². The molecule has 0 radical (unpaired) electrons. The number of anilines is 1. The van der Waals surface area contributed by atoms with E-state index in [1.54, 1.807) is 0 Å². The van der Waals surface area contributed by atoms with Gasteiger partial charge in [-0.25, -0.2) is 0 Å². The number of piperidine rings is 2. The highest BCUT2D eigenvalue weighted by molar-refractivity contribution is 6.04. The Morgan fingerprint density at radius 2 is 1.77 bits per heavy atom. The van der Waals surface area contributed by atoms with Crippen molar-refractivity contribution < 1.29 is 9.59 Å². The number of rotatable bonds is 3. The average molecular weight is 378 g/mol. The van der Waals surface area contributed by atoms with Crippen LogP contribution in [-0.4, -0.2) is 42.9 Å². The molecule has 2 aliphatic heterocycles. The van der Waals surface area contributed by atoms with Gasteiger partial charge in [0.05, 0.1) is 11.3 Å². The molecule has 3 fully saturated rings. The van der Waals surface area contributed by atoms with Crippen LogP contribution in [0.25, 0.3) is 0 Å². The first-order valence-corrected chi connectivity index (χ1v) is 9.60. The van der Waals surface area contributed by atoms with Crippen molar-refractivity contribution in [2.45, 2.75) is 38.5 Å². The number of amides is 2. The van der Waals surface area contributed by atoms with Crippen molar-refractivity contribution in [1.82, 2.24) is 10.2 Å². The molecule has 1 aliphatic carbocycles. The van der Waals surface area contributed by atoms with Gasteiger partial charge < -0.3 is 15.5 Å². The Hall–Kier alpha value is -1.59. The van der Waals surface area contributed by atoms with Gasteiger partial charge in [0.15, 0.2) is 0 Å². The van der Waals surface area contributed by atoms with E-state index in [2.05, 4.69) is 10.6 Å². The number of para-hydroxylation sites is 1. The normalized spacial score (nSPS) is 23.8. The zero-order chi connectivity index (χ0) is 17.3. The number of hydrogen-bond acceptors (Lipinski definition) is 3. The molecule has 1 saturated carbocycles. The van der Waals surface area contributed by atoms with E-state index in [-0.39, 0.29) is 35.6 Å². The first-order valence-electron chi connectivity index (χ1n) is 9.60. The van der Waals surface area contributed by atoms with Crippen LogP contribution < -0.4 is 10.6 Å². The number of halogens is 1. The predicted molar refractivity (Wildman–Crippen MR) is 105 cm³/mol. The van der Waals surface area contributed by atoms with E-state index in [1.165, 1.54) is 6.42 Å². The molecule has 2 heterocycles. The number of carbonyl (C=O) groups is 2. The van der Waals surface area contributed by atoms with Gasteiger partial charge in [-0.3, -0.25) is 9.59 Å². The first-order chi connectivity index (χ1) is 12.2. The van der Waals surface area contributed by atoms with Crippen molar-refractivity contribution in [3.8, 4) is 0 Å². The lowest BCUT2D eigenvalue weighted by Crippen LogP contribution is -2.36. The third kappa shape index (κ3) is 3.74. The Kier molecular flexibility index (Phi) is 5.88. The molecule has 4 rings (SSSR count). The monoisotopic (exact) mass is 377 g/mol. The molecule has 1 aromatic carbocycles. The lowest BCUT2D eigenvalue weighted by atomic mass is 9.91. The molecule has 142 valence electrons. The van der Waals surface area contributed by atoms with Crippen LogP contribution in [0.1, 0.15) is 48.9 Å². The maximum Gasteiger partial charge on any atom is 0.255 e. The predicted octanol–water partition coefficient (Wildman–Crippen LogP) is 3.06. The van der Waals surface area contributed by atoms with E-state index in [4.69, 9.17) is 0 Å². The van der Waals surface area contributed by atoms with Gasteiger partial charge in [-0.15, -0.1) is 12.4 Å². The van der Waals surface area contributed by atoms with Gasteiger partial charge in [-0.2, -0.15) is 0 Å². The molecule has 2 saturated heterocycles.